The summed E-state index contributed by atoms with van der Waals surface area (Å²) in [6.45, 7) is 8.11. The van der Waals surface area contributed by atoms with Gasteiger partial charge >= 0.3 is 0 Å². The fraction of sp³-hybridized carbons (Fsp3) is 0.381. The predicted octanol–water partition coefficient (Wildman–Crippen LogP) is 3.57. The molecule has 0 aromatic heterocycles. The Labute approximate surface area is 167 Å². The summed E-state index contributed by atoms with van der Waals surface area (Å²) >= 11 is 0. The quantitative estimate of drug-likeness (QED) is 0.693. The fourth-order valence-corrected chi connectivity index (χ4v) is 4.48. The molecule has 0 saturated heterocycles. The first-order valence-corrected chi connectivity index (χ1v) is 10.8. The van der Waals surface area contributed by atoms with Crippen molar-refractivity contribution in [2.24, 2.45) is 0 Å². The van der Waals surface area contributed by atoms with Gasteiger partial charge in [-0.25, -0.2) is 8.42 Å². The van der Waals surface area contributed by atoms with E-state index in [1.165, 1.54) is 10.4 Å². The molecule has 1 amide bonds. The molecule has 0 fully saturated rings. The average Bonchev–Trinajstić information content (AvgIpc) is 2.68. The molecule has 0 aliphatic heterocycles. The number of anilines is 1. The van der Waals surface area contributed by atoms with Crippen LogP contribution in [0.4, 0.5) is 5.69 Å². The number of nitrogens with zero attached hydrogens (tertiary/aromatic N) is 1. The van der Waals surface area contributed by atoms with Crippen molar-refractivity contribution in [3.05, 3.63) is 59.7 Å². The van der Waals surface area contributed by atoms with E-state index in [1.54, 1.807) is 39.8 Å². The molecule has 6 nitrogen and oxygen atoms in total. The summed E-state index contributed by atoms with van der Waals surface area (Å²) in [5.74, 6) is -0.328. The van der Waals surface area contributed by atoms with Crippen LogP contribution in [0.5, 0.6) is 0 Å². The number of amides is 1. The molecule has 1 N–H and O–H groups in total. The zero-order valence-corrected chi connectivity index (χ0v) is 17.6. The third kappa shape index (κ3) is 5.41. The molecule has 0 aliphatic carbocycles. The highest BCUT2D eigenvalue weighted by Crippen LogP contribution is 2.24. The van der Waals surface area contributed by atoms with Gasteiger partial charge in [0.05, 0.1) is 11.5 Å². The molecule has 7 heteroatoms. The van der Waals surface area contributed by atoms with Gasteiger partial charge in [-0.2, -0.15) is 4.31 Å². The summed E-state index contributed by atoms with van der Waals surface area (Å²) < 4.78 is 32.7. The molecule has 0 saturated carbocycles. The van der Waals surface area contributed by atoms with Crippen molar-refractivity contribution >= 4 is 21.6 Å². The summed E-state index contributed by atoms with van der Waals surface area (Å²) in [6.07, 6.45) is -0.677. The summed E-state index contributed by atoms with van der Waals surface area (Å²) in [5, 5.41) is 2.75. The van der Waals surface area contributed by atoms with E-state index in [2.05, 4.69) is 5.32 Å². The molecule has 1 unspecified atom stereocenters. The summed E-state index contributed by atoms with van der Waals surface area (Å²) in [5.41, 5.74) is 2.04. The molecule has 0 spiro atoms. The molecule has 2 aromatic rings. The Morgan fingerprint density at radius 2 is 1.75 bits per heavy atom. The molecule has 0 bridgehead atoms. The van der Waals surface area contributed by atoms with Gasteiger partial charge in [0.2, 0.25) is 10.0 Å². The SMILES string of the molecule is CCN(CC)S(=O)(=O)c1cc(NC(=O)C(C)OCc2ccccc2)ccc1C. The second kappa shape index (κ2) is 9.82. The number of nitrogens with one attached hydrogen (secondary N) is 1. The van der Waals surface area contributed by atoms with Gasteiger partial charge in [0.25, 0.3) is 5.91 Å². The Kier molecular flexibility index (Phi) is 7.74. The topological polar surface area (TPSA) is 75.7 Å². The molecule has 28 heavy (non-hydrogen) atoms. The Bertz CT molecular complexity index is 894. The first-order chi connectivity index (χ1) is 13.3. The molecule has 0 heterocycles. The lowest BCUT2D eigenvalue weighted by Gasteiger charge is -2.20. The Hall–Kier alpha value is -2.22. The van der Waals surface area contributed by atoms with Crippen molar-refractivity contribution < 1.29 is 17.9 Å². The van der Waals surface area contributed by atoms with E-state index >= 15 is 0 Å². The number of carbonyl (C=O) groups is 1. The molecular formula is C21H28N2O4S. The smallest absolute Gasteiger partial charge is 0.253 e. The van der Waals surface area contributed by atoms with Crippen molar-refractivity contribution in [1.82, 2.24) is 4.31 Å². The minimum Gasteiger partial charge on any atom is -0.364 e. The maximum Gasteiger partial charge on any atom is 0.253 e. The van der Waals surface area contributed by atoms with Crippen LogP contribution in [0.15, 0.2) is 53.4 Å². The number of carbonyl (C=O) groups excluding carboxylic acids is 1. The van der Waals surface area contributed by atoms with E-state index in [0.29, 0.717) is 30.9 Å². The highest BCUT2D eigenvalue weighted by atomic mass is 32.2. The summed E-state index contributed by atoms with van der Waals surface area (Å²) in [7, 11) is -3.61. The monoisotopic (exact) mass is 404 g/mol. The largest absolute Gasteiger partial charge is 0.364 e. The van der Waals surface area contributed by atoms with E-state index in [9.17, 15) is 13.2 Å². The maximum atomic E-state index is 12.8. The van der Waals surface area contributed by atoms with Gasteiger partial charge < -0.3 is 10.1 Å². The molecule has 2 rings (SSSR count). The Morgan fingerprint density at radius 1 is 1.11 bits per heavy atom. The van der Waals surface area contributed by atoms with Crippen LogP contribution in [0.25, 0.3) is 0 Å². The number of ether oxygens (including phenoxy) is 1. The molecular weight excluding hydrogens is 376 g/mol. The van der Waals surface area contributed by atoms with Crippen LogP contribution in [0.2, 0.25) is 0 Å². The number of rotatable bonds is 9. The van der Waals surface area contributed by atoms with Gasteiger partial charge in [0.15, 0.2) is 0 Å². The Morgan fingerprint density at radius 3 is 2.36 bits per heavy atom. The van der Waals surface area contributed by atoms with Crippen molar-refractivity contribution in [3.8, 4) is 0 Å². The van der Waals surface area contributed by atoms with Crippen LogP contribution in [-0.4, -0.2) is 37.8 Å². The van der Waals surface area contributed by atoms with Gasteiger partial charge in [-0.3, -0.25) is 4.79 Å². The van der Waals surface area contributed by atoms with Gasteiger partial charge in [-0.15, -0.1) is 0 Å². The van der Waals surface area contributed by atoms with E-state index in [4.69, 9.17) is 4.74 Å². The fourth-order valence-electron chi connectivity index (χ4n) is 2.77. The lowest BCUT2D eigenvalue weighted by atomic mass is 10.2. The van der Waals surface area contributed by atoms with E-state index < -0.39 is 16.1 Å². The van der Waals surface area contributed by atoms with Gasteiger partial charge in [-0.05, 0) is 37.1 Å². The zero-order chi connectivity index (χ0) is 20.7. The summed E-state index contributed by atoms with van der Waals surface area (Å²) in [4.78, 5) is 12.6. The predicted molar refractivity (Wildman–Crippen MR) is 111 cm³/mol. The van der Waals surface area contributed by atoms with Crippen LogP contribution in [0.3, 0.4) is 0 Å². The summed E-state index contributed by atoms with van der Waals surface area (Å²) in [6, 6.07) is 14.5. The van der Waals surface area contributed by atoms with E-state index in [0.717, 1.165) is 5.56 Å². The van der Waals surface area contributed by atoms with Crippen LogP contribution in [0, 0.1) is 6.92 Å². The number of sulfonamides is 1. The van der Waals surface area contributed by atoms with Crippen molar-refractivity contribution in [1.29, 1.82) is 0 Å². The van der Waals surface area contributed by atoms with Crippen LogP contribution >= 0.6 is 0 Å². The number of aryl methyl sites for hydroxylation is 1. The number of benzene rings is 2. The zero-order valence-electron chi connectivity index (χ0n) is 16.8. The molecule has 0 aliphatic rings. The van der Waals surface area contributed by atoms with Crippen molar-refractivity contribution in [2.45, 2.75) is 45.3 Å². The second-order valence-corrected chi connectivity index (χ2v) is 8.40. The lowest BCUT2D eigenvalue weighted by molar-refractivity contribution is -0.127. The third-order valence-electron chi connectivity index (χ3n) is 4.49. The van der Waals surface area contributed by atoms with Gasteiger partial charge in [-0.1, -0.05) is 50.2 Å². The normalized spacial score (nSPS) is 12.8. The number of hydrogen-bond acceptors (Lipinski definition) is 4. The van der Waals surface area contributed by atoms with Crippen LogP contribution < -0.4 is 5.32 Å². The van der Waals surface area contributed by atoms with Gasteiger partial charge in [0, 0.05) is 18.8 Å². The minimum atomic E-state index is -3.61. The maximum absolute atomic E-state index is 12.8. The lowest BCUT2D eigenvalue weighted by Crippen LogP contribution is -2.31. The van der Waals surface area contributed by atoms with E-state index in [-0.39, 0.29) is 10.8 Å². The number of hydrogen-bond donors (Lipinski definition) is 1. The second-order valence-electron chi connectivity index (χ2n) is 6.50. The Balaban J connectivity index is 2.10. The first kappa shape index (κ1) is 22.1. The highest BCUT2D eigenvalue weighted by molar-refractivity contribution is 7.89. The van der Waals surface area contributed by atoms with Gasteiger partial charge in [0.1, 0.15) is 6.10 Å². The van der Waals surface area contributed by atoms with Crippen LogP contribution in [-0.2, 0) is 26.2 Å². The third-order valence-corrected chi connectivity index (χ3v) is 6.68. The minimum absolute atomic E-state index is 0.201. The van der Waals surface area contributed by atoms with Crippen molar-refractivity contribution in [3.63, 3.8) is 0 Å². The molecule has 1 atom stereocenters. The molecule has 152 valence electrons. The van der Waals surface area contributed by atoms with Crippen LogP contribution in [0.1, 0.15) is 31.9 Å². The molecule has 2 aromatic carbocycles. The molecule has 0 radical (unpaired) electrons. The van der Waals surface area contributed by atoms with E-state index in [1.807, 2.05) is 30.3 Å². The standard InChI is InChI=1S/C21H28N2O4S/c1-5-23(6-2)28(25,26)20-14-19(13-12-16(20)3)22-21(24)17(4)27-15-18-10-8-7-9-11-18/h7-14,17H,5-6,15H2,1-4H3,(H,22,24). The first-order valence-electron chi connectivity index (χ1n) is 9.36. The van der Waals surface area contributed by atoms with Crippen molar-refractivity contribution in [2.75, 3.05) is 18.4 Å². The average molecular weight is 405 g/mol. The highest BCUT2D eigenvalue weighted by Gasteiger charge is 2.24.